The molecule has 0 unspecified atom stereocenters. The minimum Gasteiger partial charge on any atom is -0.478 e. The van der Waals surface area contributed by atoms with E-state index in [4.69, 9.17) is 0 Å². The van der Waals surface area contributed by atoms with Gasteiger partial charge in [0.25, 0.3) is 5.91 Å². The van der Waals surface area contributed by atoms with Crippen molar-refractivity contribution in [3.63, 3.8) is 0 Å². The molecule has 158 valence electrons. The second-order valence-electron chi connectivity index (χ2n) is 7.10. The van der Waals surface area contributed by atoms with Gasteiger partial charge in [0, 0.05) is 25.2 Å². The van der Waals surface area contributed by atoms with E-state index in [2.05, 4.69) is 5.32 Å². The van der Waals surface area contributed by atoms with Gasteiger partial charge in [-0.1, -0.05) is 67.6 Å². The van der Waals surface area contributed by atoms with Gasteiger partial charge >= 0.3 is 5.97 Å². The minimum atomic E-state index is -1.23. The number of amides is 2. The minimum absolute atomic E-state index is 0.0776. The fraction of sp³-hybridized carbons (Fsp3) is 0.160. The van der Waals surface area contributed by atoms with Gasteiger partial charge in [-0.05, 0) is 29.3 Å². The zero-order valence-corrected chi connectivity index (χ0v) is 17.2. The van der Waals surface area contributed by atoms with Crippen molar-refractivity contribution in [2.45, 2.75) is 26.4 Å². The van der Waals surface area contributed by atoms with Crippen molar-refractivity contribution in [2.75, 3.05) is 5.32 Å². The molecule has 0 aliphatic rings. The molecule has 0 spiro atoms. The van der Waals surface area contributed by atoms with Crippen molar-refractivity contribution >= 4 is 23.5 Å². The van der Waals surface area contributed by atoms with Crippen LogP contribution in [0.2, 0.25) is 0 Å². The molecule has 0 saturated carbocycles. The van der Waals surface area contributed by atoms with Crippen LogP contribution < -0.4 is 5.32 Å². The number of nitrogens with zero attached hydrogens (tertiary/aromatic N) is 1. The van der Waals surface area contributed by atoms with Crippen LogP contribution in [0.4, 0.5) is 5.69 Å². The average molecular weight is 416 g/mol. The van der Waals surface area contributed by atoms with Crippen molar-refractivity contribution < 1.29 is 19.5 Å². The van der Waals surface area contributed by atoms with Gasteiger partial charge in [0.15, 0.2) is 0 Å². The molecule has 0 fully saturated rings. The molecular formula is C25H24N2O4. The highest BCUT2D eigenvalue weighted by Gasteiger charge is 2.23. The quantitative estimate of drug-likeness (QED) is 0.563. The Morgan fingerprint density at radius 2 is 1.35 bits per heavy atom. The van der Waals surface area contributed by atoms with Crippen molar-refractivity contribution in [3.05, 3.63) is 101 Å². The molecule has 0 bridgehead atoms. The third-order valence-corrected chi connectivity index (χ3v) is 4.80. The zero-order chi connectivity index (χ0) is 22.2. The highest BCUT2D eigenvalue weighted by molar-refractivity contribution is 6.06. The van der Waals surface area contributed by atoms with Crippen LogP contribution in [0.25, 0.3) is 0 Å². The Bertz CT molecular complexity index is 1020. The van der Waals surface area contributed by atoms with E-state index < -0.39 is 11.9 Å². The largest absolute Gasteiger partial charge is 0.478 e. The van der Waals surface area contributed by atoms with Gasteiger partial charge in [-0.3, -0.25) is 9.59 Å². The first-order valence-electron chi connectivity index (χ1n) is 10.0. The Morgan fingerprint density at radius 1 is 0.806 bits per heavy atom. The summed E-state index contributed by atoms with van der Waals surface area (Å²) in [4.78, 5) is 38.6. The predicted molar refractivity (Wildman–Crippen MR) is 119 cm³/mol. The standard InChI is InChI=1S/C25H24N2O4/c1-2-23(28)26-20-13-14-21(22(15-20)25(30)31)24(29)27(16-18-9-5-3-6-10-18)17-19-11-7-4-8-12-19/h3-15H,2,16-17H2,1H3,(H,26,28)(H,30,31). The summed E-state index contributed by atoms with van der Waals surface area (Å²) in [6.45, 7) is 2.38. The van der Waals surface area contributed by atoms with E-state index in [-0.39, 0.29) is 23.5 Å². The molecule has 3 aromatic rings. The number of carboxylic acids is 1. The molecule has 0 atom stereocenters. The normalized spacial score (nSPS) is 10.4. The lowest BCUT2D eigenvalue weighted by molar-refractivity contribution is -0.115. The number of carboxylic acid groups (broad SMARTS) is 1. The molecule has 6 heteroatoms. The molecule has 0 saturated heterocycles. The van der Waals surface area contributed by atoms with E-state index in [0.717, 1.165) is 11.1 Å². The molecular weight excluding hydrogens is 392 g/mol. The second kappa shape index (κ2) is 10.2. The molecule has 0 radical (unpaired) electrons. The molecule has 0 aromatic heterocycles. The molecule has 0 aliphatic heterocycles. The summed E-state index contributed by atoms with van der Waals surface area (Å²) in [7, 11) is 0. The maximum absolute atomic E-state index is 13.4. The predicted octanol–water partition coefficient (Wildman–Crippen LogP) is 4.58. The highest BCUT2D eigenvalue weighted by atomic mass is 16.4. The van der Waals surface area contributed by atoms with Gasteiger partial charge in [0.05, 0.1) is 11.1 Å². The summed E-state index contributed by atoms with van der Waals surface area (Å²) in [5.41, 5.74) is 2.16. The van der Waals surface area contributed by atoms with Crippen LogP contribution in [0, 0.1) is 0 Å². The first-order valence-corrected chi connectivity index (χ1v) is 10.0. The van der Waals surface area contributed by atoms with Crippen LogP contribution in [-0.4, -0.2) is 27.8 Å². The fourth-order valence-corrected chi connectivity index (χ4v) is 3.21. The van der Waals surface area contributed by atoms with Gasteiger partial charge in [-0.2, -0.15) is 0 Å². The number of hydrogen-bond acceptors (Lipinski definition) is 3. The lowest BCUT2D eigenvalue weighted by Crippen LogP contribution is -2.31. The molecule has 3 aromatic carbocycles. The van der Waals surface area contributed by atoms with Gasteiger partial charge < -0.3 is 15.3 Å². The number of carbonyl (C=O) groups is 3. The molecule has 2 N–H and O–H groups in total. The SMILES string of the molecule is CCC(=O)Nc1ccc(C(=O)N(Cc2ccccc2)Cc2ccccc2)c(C(=O)O)c1. The second-order valence-corrected chi connectivity index (χ2v) is 7.10. The summed E-state index contributed by atoms with van der Waals surface area (Å²) < 4.78 is 0. The Balaban J connectivity index is 1.95. The van der Waals surface area contributed by atoms with Crippen molar-refractivity contribution in [2.24, 2.45) is 0 Å². The number of hydrogen-bond donors (Lipinski definition) is 2. The maximum Gasteiger partial charge on any atom is 0.336 e. The maximum atomic E-state index is 13.4. The van der Waals surface area contributed by atoms with Gasteiger partial charge in [0.1, 0.15) is 0 Å². The fourth-order valence-electron chi connectivity index (χ4n) is 3.21. The molecule has 3 rings (SSSR count). The summed E-state index contributed by atoms with van der Waals surface area (Å²) in [6.07, 6.45) is 0.269. The summed E-state index contributed by atoms with van der Waals surface area (Å²) >= 11 is 0. The lowest BCUT2D eigenvalue weighted by atomic mass is 10.0. The monoisotopic (exact) mass is 416 g/mol. The summed E-state index contributed by atoms with van der Waals surface area (Å²) in [5.74, 6) is -1.85. The van der Waals surface area contributed by atoms with Crippen LogP contribution in [0.3, 0.4) is 0 Å². The molecule has 0 aliphatic carbocycles. The summed E-state index contributed by atoms with van der Waals surface area (Å²) in [5, 5.41) is 12.3. The van der Waals surface area contributed by atoms with E-state index >= 15 is 0 Å². The first-order chi connectivity index (χ1) is 15.0. The molecule has 6 nitrogen and oxygen atoms in total. The number of nitrogens with one attached hydrogen (secondary N) is 1. The molecule has 2 amide bonds. The Labute approximate surface area is 181 Å². The van der Waals surface area contributed by atoms with E-state index in [1.54, 1.807) is 17.9 Å². The van der Waals surface area contributed by atoms with Crippen LogP contribution in [0.1, 0.15) is 45.2 Å². The van der Waals surface area contributed by atoms with Crippen molar-refractivity contribution in [3.8, 4) is 0 Å². The van der Waals surface area contributed by atoms with Gasteiger partial charge in [0.2, 0.25) is 5.91 Å². The summed E-state index contributed by atoms with van der Waals surface area (Å²) in [6, 6.07) is 23.4. The smallest absolute Gasteiger partial charge is 0.336 e. The van der Waals surface area contributed by atoms with Crippen LogP contribution >= 0.6 is 0 Å². The number of anilines is 1. The Hall–Kier alpha value is -3.93. The van der Waals surface area contributed by atoms with Crippen molar-refractivity contribution in [1.82, 2.24) is 4.90 Å². The number of rotatable bonds is 8. The molecule has 31 heavy (non-hydrogen) atoms. The van der Waals surface area contributed by atoms with Crippen LogP contribution in [0.5, 0.6) is 0 Å². The number of benzene rings is 3. The first kappa shape index (κ1) is 21.8. The van der Waals surface area contributed by atoms with Gasteiger partial charge in [-0.25, -0.2) is 4.79 Å². The lowest BCUT2D eigenvalue weighted by Gasteiger charge is -2.24. The van der Waals surface area contributed by atoms with Gasteiger partial charge in [-0.15, -0.1) is 0 Å². The Kier molecular flexibility index (Phi) is 7.17. The van der Waals surface area contributed by atoms with E-state index in [1.807, 2.05) is 60.7 Å². The highest BCUT2D eigenvalue weighted by Crippen LogP contribution is 2.21. The van der Waals surface area contributed by atoms with E-state index in [1.165, 1.54) is 12.1 Å². The van der Waals surface area contributed by atoms with E-state index in [0.29, 0.717) is 18.8 Å². The zero-order valence-electron chi connectivity index (χ0n) is 17.2. The third-order valence-electron chi connectivity index (χ3n) is 4.80. The van der Waals surface area contributed by atoms with Crippen LogP contribution in [-0.2, 0) is 17.9 Å². The van der Waals surface area contributed by atoms with Crippen LogP contribution in [0.15, 0.2) is 78.9 Å². The average Bonchev–Trinajstić information content (AvgIpc) is 2.79. The number of carbonyl (C=O) groups excluding carboxylic acids is 2. The third kappa shape index (κ3) is 5.79. The molecule has 0 heterocycles. The topological polar surface area (TPSA) is 86.7 Å². The Morgan fingerprint density at radius 3 is 1.84 bits per heavy atom. The number of aromatic carboxylic acids is 1. The van der Waals surface area contributed by atoms with Crippen molar-refractivity contribution in [1.29, 1.82) is 0 Å². The van der Waals surface area contributed by atoms with E-state index in [9.17, 15) is 19.5 Å².